The van der Waals surface area contributed by atoms with E-state index in [-0.39, 0.29) is 0 Å². The van der Waals surface area contributed by atoms with E-state index in [1.54, 1.807) is 0 Å². The highest BCUT2D eigenvalue weighted by atomic mass is 15.1. The number of aromatic nitrogens is 1. The van der Waals surface area contributed by atoms with E-state index in [2.05, 4.69) is 94.8 Å². The molecule has 2 heterocycles. The fourth-order valence-corrected chi connectivity index (χ4v) is 4.62. The summed E-state index contributed by atoms with van der Waals surface area (Å²) < 4.78 is 0. The number of rotatable bonds is 5. The van der Waals surface area contributed by atoms with Gasteiger partial charge in [-0.25, -0.2) is 0 Å². The van der Waals surface area contributed by atoms with Crippen LogP contribution in [0.2, 0.25) is 0 Å². The van der Waals surface area contributed by atoms with Crippen LogP contribution in [0.15, 0.2) is 84.9 Å². The monoisotopic (exact) mass is 366 g/mol. The Hall–Kier alpha value is -2.84. The first-order valence-corrected chi connectivity index (χ1v) is 10.3. The number of fused-ring (bicyclic) bond motifs is 1. The minimum absolute atomic E-state index is 0.713. The van der Waals surface area contributed by atoms with Gasteiger partial charge in [0, 0.05) is 29.7 Å². The van der Waals surface area contributed by atoms with Gasteiger partial charge < -0.3 is 4.98 Å². The maximum Gasteiger partial charge on any atom is 0.0497 e. The molecule has 1 atom stereocenters. The highest BCUT2D eigenvalue weighted by molar-refractivity contribution is 5.90. The number of benzene rings is 3. The second-order valence-electron chi connectivity index (χ2n) is 7.97. The van der Waals surface area contributed by atoms with Gasteiger partial charge in [-0.15, -0.1) is 0 Å². The Morgan fingerprint density at radius 3 is 2.36 bits per heavy atom. The van der Waals surface area contributed by atoms with Gasteiger partial charge in [0.15, 0.2) is 0 Å². The third-order valence-electron chi connectivity index (χ3n) is 5.99. The standard InChI is InChI=1S/C26H26N2/c1-3-9-20(10-4-1)18-28-16-15-21(19-28)17-24-23-13-7-8-14-25(23)27-26(24)22-11-5-2-6-12-22/h1-14,21,27H,15-19H2. The van der Waals surface area contributed by atoms with Gasteiger partial charge in [0.25, 0.3) is 0 Å². The van der Waals surface area contributed by atoms with E-state index in [0.717, 1.165) is 13.0 Å². The molecule has 1 saturated heterocycles. The first-order valence-electron chi connectivity index (χ1n) is 10.3. The molecule has 1 N–H and O–H groups in total. The topological polar surface area (TPSA) is 19.0 Å². The highest BCUT2D eigenvalue weighted by Gasteiger charge is 2.25. The van der Waals surface area contributed by atoms with Gasteiger partial charge in [-0.3, -0.25) is 4.90 Å². The molecule has 1 aromatic heterocycles. The Kier molecular flexibility index (Phi) is 4.72. The van der Waals surface area contributed by atoms with Crippen molar-refractivity contribution in [2.24, 2.45) is 5.92 Å². The second kappa shape index (κ2) is 7.65. The third-order valence-corrected chi connectivity index (χ3v) is 5.99. The van der Waals surface area contributed by atoms with Crippen LogP contribution in [0.25, 0.3) is 22.2 Å². The summed E-state index contributed by atoms with van der Waals surface area (Å²) in [6.45, 7) is 3.45. The summed E-state index contributed by atoms with van der Waals surface area (Å²) in [7, 11) is 0. The van der Waals surface area contributed by atoms with Crippen LogP contribution < -0.4 is 0 Å². The lowest BCUT2D eigenvalue weighted by Gasteiger charge is -2.16. The molecule has 3 aromatic carbocycles. The fraction of sp³-hybridized carbons (Fsp3) is 0.231. The highest BCUT2D eigenvalue weighted by Crippen LogP contribution is 2.34. The molecule has 0 bridgehead atoms. The van der Waals surface area contributed by atoms with Crippen molar-refractivity contribution in [1.82, 2.24) is 9.88 Å². The maximum absolute atomic E-state index is 3.69. The Morgan fingerprint density at radius 2 is 1.54 bits per heavy atom. The Labute approximate surface area is 166 Å². The molecule has 1 unspecified atom stereocenters. The van der Waals surface area contributed by atoms with Gasteiger partial charge in [-0.2, -0.15) is 0 Å². The zero-order valence-corrected chi connectivity index (χ0v) is 16.1. The molecular formula is C26H26N2. The normalized spacial score (nSPS) is 17.4. The molecule has 0 radical (unpaired) electrons. The van der Waals surface area contributed by atoms with Crippen molar-refractivity contribution in [2.75, 3.05) is 13.1 Å². The third kappa shape index (κ3) is 3.48. The molecule has 2 nitrogen and oxygen atoms in total. The van der Waals surface area contributed by atoms with Crippen LogP contribution in [-0.4, -0.2) is 23.0 Å². The molecule has 0 spiro atoms. The summed E-state index contributed by atoms with van der Waals surface area (Å²) in [5, 5.41) is 1.38. The molecule has 2 heteroatoms. The van der Waals surface area contributed by atoms with E-state index in [4.69, 9.17) is 0 Å². The lowest BCUT2D eigenvalue weighted by molar-refractivity contribution is 0.316. The quantitative estimate of drug-likeness (QED) is 0.466. The number of H-pyrrole nitrogens is 1. The first-order chi connectivity index (χ1) is 13.9. The number of aromatic amines is 1. The van der Waals surface area contributed by atoms with E-state index in [9.17, 15) is 0 Å². The summed E-state index contributed by atoms with van der Waals surface area (Å²) in [6, 6.07) is 30.4. The minimum Gasteiger partial charge on any atom is -0.354 e. The zero-order chi connectivity index (χ0) is 18.8. The van der Waals surface area contributed by atoms with Crippen LogP contribution >= 0.6 is 0 Å². The summed E-state index contributed by atoms with van der Waals surface area (Å²) >= 11 is 0. The molecule has 140 valence electrons. The average molecular weight is 367 g/mol. The summed E-state index contributed by atoms with van der Waals surface area (Å²) in [5.74, 6) is 0.713. The van der Waals surface area contributed by atoms with Crippen molar-refractivity contribution in [3.63, 3.8) is 0 Å². The van der Waals surface area contributed by atoms with Gasteiger partial charge in [0.2, 0.25) is 0 Å². The Balaban J connectivity index is 1.39. The zero-order valence-electron chi connectivity index (χ0n) is 16.1. The Morgan fingerprint density at radius 1 is 0.821 bits per heavy atom. The SMILES string of the molecule is c1ccc(CN2CCC(Cc3c(-c4ccccc4)[nH]c4ccccc34)C2)cc1. The van der Waals surface area contributed by atoms with Crippen LogP contribution in [0, 0.1) is 5.92 Å². The van der Waals surface area contributed by atoms with Crippen LogP contribution in [0.4, 0.5) is 0 Å². The molecule has 1 fully saturated rings. The second-order valence-corrected chi connectivity index (χ2v) is 7.97. The van der Waals surface area contributed by atoms with Crippen LogP contribution in [0.5, 0.6) is 0 Å². The van der Waals surface area contributed by atoms with Crippen molar-refractivity contribution < 1.29 is 0 Å². The van der Waals surface area contributed by atoms with E-state index in [1.165, 1.54) is 52.8 Å². The number of likely N-dealkylation sites (tertiary alicyclic amines) is 1. The largest absolute Gasteiger partial charge is 0.354 e. The van der Waals surface area contributed by atoms with Gasteiger partial charge in [0.05, 0.1) is 0 Å². The summed E-state index contributed by atoms with van der Waals surface area (Å²) in [4.78, 5) is 6.30. The first kappa shape index (κ1) is 17.3. The molecular weight excluding hydrogens is 340 g/mol. The van der Waals surface area contributed by atoms with Gasteiger partial charge in [-0.05, 0) is 48.1 Å². The summed E-state index contributed by atoms with van der Waals surface area (Å²) in [6.07, 6.45) is 2.42. The molecule has 4 aromatic rings. The number of hydrogen-bond acceptors (Lipinski definition) is 1. The fourth-order valence-electron chi connectivity index (χ4n) is 4.62. The molecule has 0 amide bonds. The molecule has 28 heavy (non-hydrogen) atoms. The van der Waals surface area contributed by atoms with E-state index in [0.29, 0.717) is 5.92 Å². The molecule has 0 saturated carbocycles. The predicted molar refractivity (Wildman–Crippen MR) is 117 cm³/mol. The Bertz CT molecular complexity index is 1050. The number of nitrogens with one attached hydrogen (secondary N) is 1. The average Bonchev–Trinajstić information content (AvgIpc) is 3.34. The summed E-state index contributed by atoms with van der Waals surface area (Å²) in [5.41, 5.74) is 6.72. The van der Waals surface area contributed by atoms with Crippen LogP contribution in [0.3, 0.4) is 0 Å². The lowest BCUT2D eigenvalue weighted by atomic mass is 9.94. The minimum atomic E-state index is 0.713. The number of hydrogen-bond donors (Lipinski definition) is 1. The van der Waals surface area contributed by atoms with Crippen molar-refractivity contribution in [2.45, 2.75) is 19.4 Å². The lowest BCUT2D eigenvalue weighted by Crippen LogP contribution is -2.20. The maximum atomic E-state index is 3.69. The smallest absolute Gasteiger partial charge is 0.0497 e. The number of para-hydroxylation sites is 1. The van der Waals surface area contributed by atoms with Crippen molar-refractivity contribution in [3.8, 4) is 11.3 Å². The molecule has 1 aliphatic heterocycles. The van der Waals surface area contributed by atoms with E-state index in [1.807, 2.05) is 0 Å². The van der Waals surface area contributed by atoms with Gasteiger partial charge >= 0.3 is 0 Å². The predicted octanol–water partition coefficient (Wildman–Crippen LogP) is 5.90. The number of nitrogens with zero attached hydrogens (tertiary/aromatic N) is 1. The van der Waals surface area contributed by atoms with Crippen LogP contribution in [-0.2, 0) is 13.0 Å². The molecule has 0 aliphatic carbocycles. The molecule has 1 aliphatic rings. The van der Waals surface area contributed by atoms with Crippen molar-refractivity contribution >= 4 is 10.9 Å². The van der Waals surface area contributed by atoms with Crippen molar-refractivity contribution in [1.29, 1.82) is 0 Å². The van der Waals surface area contributed by atoms with Gasteiger partial charge in [-0.1, -0.05) is 78.9 Å². The van der Waals surface area contributed by atoms with Gasteiger partial charge in [0.1, 0.15) is 0 Å². The van der Waals surface area contributed by atoms with E-state index >= 15 is 0 Å². The van der Waals surface area contributed by atoms with Crippen molar-refractivity contribution in [3.05, 3.63) is 96.1 Å². The van der Waals surface area contributed by atoms with E-state index < -0.39 is 0 Å². The molecule has 5 rings (SSSR count). The van der Waals surface area contributed by atoms with Crippen LogP contribution in [0.1, 0.15) is 17.5 Å².